The van der Waals surface area contributed by atoms with Gasteiger partial charge in [-0.25, -0.2) is 0 Å². The topological polar surface area (TPSA) is 29.3 Å². The van der Waals surface area contributed by atoms with E-state index in [2.05, 4.69) is 39.6 Å². The van der Waals surface area contributed by atoms with E-state index in [0.29, 0.717) is 17.5 Å². The molecular weight excluding hydrogens is 184 g/mol. The molecule has 2 heteroatoms. The Hall–Kier alpha value is -0.0800. The summed E-state index contributed by atoms with van der Waals surface area (Å²) in [6.07, 6.45) is 4.01. The third-order valence-corrected chi connectivity index (χ3v) is 4.31. The van der Waals surface area contributed by atoms with Gasteiger partial charge < -0.3 is 5.73 Å². The lowest BCUT2D eigenvalue weighted by Crippen LogP contribution is -2.47. The predicted octanol–water partition coefficient (Wildman–Crippen LogP) is 2.48. The van der Waals surface area contributed by atoms with Gasteiger partial charge in [-0.3, -0.25) is 4.90 Å². The molecule has 3 atom stereocenters. The first-order chi connectivity index (χ1) is 6.88. The first kappa shape index (κ1) is 13.0. The Morgan fingerprint density at radius 2 is 1.93 bits per heavy atom. The van der Waals surface area contributed by atoms with E-state index < -0.39 is 0 Å². The summed E-state index contributed by atoms with van der Waals surface area (Å²) in [6.45, 7) is 10.2. The molecule has 1 aliphatic carbocycles. The molecule has 0 amide bonds. The van der Waals surface area contributed by atoms with Gasteiger partial charge in [-0.15, -0.1) is 0 Å². The second kappa shape index (κ2) is 4.84. The second-order valence-electron chi connectivity index (χ2n) is 6.20. The van der Waals surface area contributed by atoms with Crippen molar-refractivity contribution in [3.8, 4) is 0 Å². The largest absolute Gasteiger partial charge is 0.330 e. The fourth-order valence-electron chi connectivity index (χ4n) is 2.73. The lowest BCUT2D eigenvalue weighted by Gasteiger charge is -2.41. The molecule has 2 N–H and O–H groups in total. The average Bonchev–Trinajstić information content (AvgIpc) is 2.61. The summed E-state index contributed by atoms with van der Waals surface area (Å²) >= 11 is 0. The molecule has 1 rings (SSSR count). The summed E-state index contributed by atoms with van der Waals surface area (Å²) in [4.78, 5) is 2.56. The van der Waals surface area contributed by atoms with Gasteiger partial charge in [-0.1, -0.05) is 27.2 Å². The van der Waals surface area contributed by atoms with Crippen molar-refractivity contribution < 1.29 is 0 Å². The molecule has 2 nitrogen and oxygen atoms in total. The summed E-state index contributed by atoms with van der Waals surface area (Å²) in [5.74, 6) is 0.722. The highest BCUT2D eigenvalue weighted by molar-refractivity contribution is 4.89. The molecule has 0 spiro atoms. The van der Waals surface area contributed by atoms with Crippen molar-refractivity contribution in [1.29, 1.82) is 0 Å². The van der Waals surface area contributed by atoms with E-state index in [1.165, 1.54) is 19.3 Å². The molecule has 0 aromatic rings. The van der Waals surface area contributed by atoms with Gasteiger partial charge in [0.05, 0.1) is 0 Å². The number of nitrogens with two attached hydrogens (primary N) is 1. The Kier molecular flexibility index (Phi) is 4.19. The standard InChI is InChI=1S/C13H28N2/c1-10(13(2,3)4)15(5)12-8-6-7-11(12)9-14/h10-12H,6-9,14H2,1-5H3. The van der Waals surface area contributed by atoms with Gasteiger partial charge in [-0.2, -0.15) is 0 Å². The molecule has 0 aliphatic heterocycles. The van der Waals surface area contributed by atoms with Crippen LogP contribution in [0.2, 0.25) is 0 Å². The van der Waals surface area contributed by atoms with Crippen molar-refractivity contribution in [2.45, 2.75) is 59.0 Å². The normalized spacial score (nSPS) is 29.8. The van der Waals surface area contributed by atoms with E-state index in [1.54, 1.807) is 0 Å². The van der Waals surface area contributed by atoms with Gasteiger partial charge in [0.15, 0.2) is 0 Å². The molecule has 0 aromatic heterocycles. The minimum absolute atomic E-state index is 0.358. The van der Waals surface area contributed by atoms with Crippen LogP contribution < -0.4 is 5.73 Å². The summed E-state index contributed by atoms with van der Waals surface area (Å²) in [6, 6.07) is 1.33. The molecule has 0 bridgehead atoms. The van der Waals surface area contributed by atoms with E-state index in [-0.39, 0.29) is 0 Å². The number of hydrogen-bond donors (Lipinski definition) is 1. The van der Waals surface area contributed by atoms with Crippen LogP contribution in [0, 0.1) is 11.3 Å². The van der Waals surface area contributed by atoms with Gasteiger partial charge >= 0.3 is 0 Å². The molecule has 1 saturated carbocycles. The molecular formula is C13H28N2. The van der Waals surface area contributed by atoms with E-state index in [0.717, 1.165) is 12.5 Å². The van der Waals surface area contributed by atoms with Crippen molar-refractivity contribution >= 4 is 0 Å². The molecule has 15 heavy (non-hydrogen) atoms. The Bertz CT molecular complexity index is 195. The van der Waals surface area contributed by atoms with Crippen LogP contribution in [0.15, 0.2) is 0 Å². The highest BCUT2D eigenvalue weighted by Gasteiger charge is 2.34. The molecule has 0 radical (unpaired) electrons. The van der Waals surface area contributed by atoms with Crippen LogP contribution >= 0.6 is 0 Å². The summed E-state index contributed by atoms with van der Waals surface area (Å²) < 4.78 is 0. The number of nitrogens with zero attached hydrogens (tertiary/aromatic N) is 1. The molecule has 0 aromatic carbocycles. The molecule has 0 saturated heterocycles. The maximum Gasteiger partial charge on any atom is 0.0135 e. The average molecular weight is 212 g/mol. The maximum absolute atomic E-state index is 5.84. The molecule has 1 aliphatic rings. The summed E-state index contributed by atoms with van der Waals surface area (Å²) in [5.41, 5.74) is 6.20. The van der Waals surface area contributed by atoms with Gasteiger partial charge in [0.25, 0.3) is 0 Å². The van der Waals surface area contributed by atoms with Crippen LogP contribution in [0.1, 0.15) is 47.0 Å². The fraction of sp³-hybridized carbons (Fsp3) is 1.00. The Balaban J connectivity index is 2.63. The van der Waals surface area contributed by atoms with Crippen molar-refractivity contribution in [3.05, 3.63) is 0 Å². The zero-order valence-electron chi connectivity index (χ0n) is 11.1. The van der Waals surface area contributed by atoms with E-state index in [4.69, 9.17) is 5.73 Å². The SMILES string of the molecule is CC(N(C)C1CCCC1CN)C(C)(C)C. The quantitative estimate of drug-likeness (QED) is 0.779. The van der Waals surface area contributed by atoms with Gasteiger partial charge in [0.1, 0.15) is 0 Å². The van der Waals surface area contributed by atoms with E-state index in [1.807, 2.05) is 0 Å². The van der Waals surface area contributed by atoms with Crippen molar-refractivity contribution in [2.75, 3.05) is 13.6 Å². The minimum atomic E-state index is 0.358. The maximum atomic E-state index is 5.84. The highest BCUT2D eigenvalue weighted by Crippen LogP contribution is 2.33. The molecule has 3 unspecified atom stereocenters. The van der Waals surface area contributed by atoms with Gasteiger partial charge in [0.2, 0.25) is 0 Å². The number of hydrogen-bond acceptors (Lipinski definition) is 2. The molecule has 1 fully saturated rings. The fourth-order valence-corrected chi connectivity index (χ4v) is 2.73. The Labute approximate surface area is 95.2 Å². The Morgan fingerprint density at radius 3 is 2.40 bits per heavy atom. The third kappa shape index (κ3) is 2.94. The van der Waals surface area contributed by atoms with Crippen molar-refractivity contribution in [1.82, 2.24) is 4.90 Å². The van der Waals surface area contributed by atoms with E-state index in [9.17, 15) is 0 Å². The van der Waals surface area contributed by atoms with Crippen molar-refractivity contribution in [2.24, 2.45) is 17.1 Å². The second-order valence-corrected chi connectivity index (χ2v) is 6.20. The van der Waals surface area contributed by atoms with Gasteiger partial charge in [0, 0.05) is 12.1 Å². The van der Waals surface area contributed by atoms with Crippen LogP contribution in [0.25, 0.3) is 0 Å². The predicted molar refractivity (Wildman–Crippen MR) is 66.9 cm³/mol. The lowest BCUT2D eigenvalue weighted by atomic mass is 9.85. The van der Waals surface area contributed by atoms with Crippen LogP contribution in [-0.4, -0.2) is 30.6 Å². The summed E-state index contributed by atoms with van der Waals surface area (Å²) in [5, 5.41) is 0. The highest BCUT2D eigenvalue weighted by atomic mass is 15.2. The van der Waals surface area contributed by atoms with Crippen LogP contribution in [0.4, 0.5) is 0 Å². The Morgan fingerprint density at radius 1 is 1.33 bits per heavy atom. The molecule has 0 heterocycles. The number of rotatable bonds is 3. The van der Waals surface area contributed by atoms with Crippen LogP contribution in [0.3, 0.4) is 0 Å². The lowest BCUT2D eigenvalue weighted by molar-refractivity contribution is 0.0800. The zero-order chi connectivity index (χ0) is 11.6. The smallest absolute Gasteiger partial charge is 0.0135 e. The van der Waals surface area contributed by atoms with Crippen LogP contribution in [-0.2, 0) is 0 Å². The minimum Gasteiger partial charge on any atom is -0.330 e. The first-order valence-corrected chi connectivity index (χ1v) is 6.30. The zero-order valence-corrected chi connectivity index (χ0v) is 11.1. The molecule has 90 valence electrons. The van der Waals surface area contributed by atoms with Gasteiger partial charge in [-0.05, 0) is 44.7 Å². The third-order valence-electron chi connectivity index (χ3n) is 4.31. The van der Waals surface area contributed by atoms with E-state index >= 15 is 0 Å². The summed E-state index contributed by atoms with van der Waals surface area (Å²) in [7, 11) is 2.27. The monoisotopic (exact) mass is 212 g/mol. The van der Waals surface area contributed by atoms with Crippen molar-refractivity contribution in [3.63, 3.8) is 0 Å². The van der Waals surface area contributed by atoms with Crippen LogP contribution in [0.5, 0.6) is 0 Å². The first-order valence-electron chi connectivity index (χ1n) is 6.30.